The molecule has 0 spiro atoms. The summed E-state index contributed by atoms with van der Waals surface area (Å²) in [5, 5.41) is 3.77. The van der Waals surface area contributed by atoms with E-state index in [4.69, 9.17) is 4.74 Å². The van der Waals surface area contributed by atoms with Crippen LogP contribution in [-0.2, 0) is 13.2 Å². The van der Waals surface area contributed by atoms with Crippen molar-refractivity contribution in [3.05, 3.63) is 65.2 Å². The maximum atomic E-state index is 5.89. The highest BCUT2D eigenvalue weighted by Gasteiger charge is 2.33. The van der Waals surface area contributed by atoms with Crippen molar-refractivity contribution in [2.75, 3.05) is 19.6 Å². The second-order valence-electron chi connectivity index (χ2n) is 7.54. The first-order valence-corrected chi connectivity index (χ1v) is 9.49. The van der Waals surface area contributed by atoms with Gasteiger partial charge in [0, 0.05) is 19.1 Å². The first-order valence-electron chi connectivity index (χ1n) is 9.49. The van der Waals surface area contributed by atoms with Crippen LogP contribution in [0.25, 0.3) is 0 Å². The molecular formula is C22H28N2O. The van der Waals surface area contributed by atoms with E-state index in [0.29, 0.717) is 12.6 Å². The summed E-state index contributed by atoms with van der Waals surface area (Å²) in [5.74, 6) is 1.81. The Morgan fingerprint density at radius 2 is 1.64 bits per heavy atom. The number of nitrogens with zero attached hydrogens (tertiary/aromatic N) is 1. The van der Waals surface area contributed by atoms with Gasteiger partial charge in [0.1, 0.15) is 12.4 Å². The highest BCUT2D eigenvalue weighted by Crippen LogP contribution is 2.27. The molecule has 0 aliphatic carbocycles. The first-order chi connectivity index (χ1) is 12.3. The third-order valence-corrected chi connectivity index (χ3v) is 5.67. The van der Waals surface area contributed by atoms with Crippen LogP contribution in [0.5, 0.6) is 5.75 Å². The van der Waals surface area contributed by atoms with Gasteiger partial charge in [-0.05, 0) is 62.0 Å². The summed E-state index contributed by atoms with van der Waals surface area (Å²) >= 11 is 0. The topological polar surface area (TPSA) is 24.5 Å². The molecule has 3 heteroatoms. The van der Waals surface area contributed by atoms with Crippen LogP contribution in [0.3, 0.4) is 0 Å². The van der Waals surface area contributed by atoms with E-state index in [1.165, 1.54) is 49.2 Å². The normalized spacial score (nSPS) is 25.1. The summed E-state index contributed by atoms with van der Waals surface area (Å²) in [4.78, 5) is 2.60. The number of fused-ring (bicyclic) bond motifs is 3. The van der Waals surface area contributed by atoms with Crippen molar-refractivity contribution in [2.24, 2.45) is 5.92 Å². The maximum absolute atomic E-state index is 5.89. The van der Waals surface area contributed by atoms with E-state index in [-0.39, 0.29) is 0 Å². The fraction of sp³-hybridized carbons (Fsp3) is 0.455. The second kappa shape index (κ2) is 7.59. The minimum atomic E-state index is 0.622. The van der Waals surface area contributed by atoms with Crippen LogP contribution in [0.4, 0.5) is 0 Å². The highest BCUT2D eigenvalue weighted by molar-refractivity contribution is 5.28. The molecule has 3 heterocycles. The van der Waals surface area contributed by atoms with Crippen molar-refractivity contribution >= 4 is 0 Å². The predicted octanol–water partition coefficient (Wildman–Crippen LogP) is 3.76. The Balaban J connectivity index is 1.26. The van der Waals surface area contributed by atoms with E-state index in [1.54, 1.807) is 0 Å². The van der Waals surface area contributed by atoms with Gasteiger partial charge in [0.25, 0.3) is 0 Å². The van der Waals surface area contributed by atoms with E-state index in [0.717, 1.165) is 18.2 Å². The summed E-state index contributed by atoms with van der Waals surface area (Å²) in [6.45, 7) is 7.51. The average Bonchev–Trinajstić information content (AvgIpc) is 2.68. The third-order valence-electron chi connectivity index (χ3n) is 5.67. The maximum Gasteiger partial charge on any atom is 0.119 e. The lowest BCUT2D eigenvalue weighted by Gasteiger charge is -2.45. The van der Waals surface area contributed by atoms with Crippen molar-refractivity contribution < 1.29 is 4.74 Å². The smallest absolute Gasteiger partial charge is 0.119 e. The Bertz CT molecular complexity index is 672. The summed E-state index contributed by atoms with van der Waals surface area (Å²) < 4.78 is 5.89. The molecule has 1 unspecified atom stereocenters. The fourth-order valence-corrected chi connectivity index (χ4v) is 4.00. The van der Waals surface area contributed by atoms with E-state index < -0.39 is 0 Å². The van der Waals surface area contributed by atoms with Gasteiger partial charge in [-0.2, -0.15) is 0 Å². The van der Waals surface area contributed by atoms with Gasteiger partial charge < -0.3 is 15.0 Å². The SMILES string of the molecule is Cc1ccc(COc2ccc(CNC3CN4CCC3CC4)cc2)cc1. The van der Waals surface area contributed by atoms with Crippen LogP contribution >= 0.6 is 0 Å². The van der Waals surface area contributed by atoms with E-state index in [2.05, 4.69) is 65.7 Å². The van der Waals surface area contributed by atoms with Crippen LogP contribution in [0, 0.1) is 12.8 Å². The molecule has 25 heavy (non-hydrogen) atoms. The zero-order chi connectivity index (χ0) is 17.1. The van der Waals surface area contributed by atoms with Gasteiger partial charge >= 0.3 is 0 Å². The van der Waals surface area contributed by atoms with Crippen molar-refractivity contribution in [1.82, 2.24) is 10.2 Å². The van der Waals surface area contributed by atoms with Crippen molar-refractivity contribution in [3.63, 3.8) is 0 Å². The van der Waals surface area contributed by atoms with Gasteiger partial charge in [-0.3, -0.25) is 0 Å². The molecule has 1 N–H and O–H groups in total. The number of benzene rings is 2. The third kappa shape index (κ3) is 4.23. The zero-order valence-corrected chi connectivity index (χ0v) is 15.1. The molecule has 3 nitrogen and oxygen atoms in total. The number of nitrogens with one attached hydrogen (secondary N) is 1. The van der Waals surface area contributed by atoms with Crippen LogP contribution in [0.15, 0.2) is 48.5 Å². The summed E-state index contributed by atoms with van der Waals surface area (Å²) in [5.41, 5.74) is 3.82. The van der Waals surface area contributed by atoms with Gasteiger partial charge in [0.05, 0.1) is 0 Å². The number of piperidine rings is 3. The van der Waals surface area contributed by atoms with Gasteiger partial charge in [0.2, 0.25) is 0 Å². The van der Waals surface area contributed by atoms with Gasteiger partial charge in [-0.1, -0.05) is 42.0 Å². The molecule has 2 aromatic rings. The monoisotopic (exact) mass is 336 g/mol. The van der Waals surface area contributed by atoms with Crippen molar-refractivity contribution in [1.29, 1.82) is 0 Å². The Morgan fingerprint density at radius 1 is 0.960 bits per heavy atom. The molecule has 3 saturated heterocycles. The molecule has 2 aromatic carbocycles. The minimum absolute atomic E-state index is 0.622. The summed E-state index contributed by atoms with van der Waals surface area (Å²) in [6, 6.07) is 17.7. The molecular weight excluding hydrogens is 308 g/mol. The largest absolute Gasteiger partial charge is 0.489 e. The average molecular weight is 336 g/mol. The predicted molar refractivity (Wildman–Crippen MR) is 102 cm³/mol. The Hall–Kier alpha value is -1.84. The lowest BCUT2D eigenvalue weighted by molar-refractivity contribution is 0.0720. The molecule has 0 amide bonds. The first kappa shape index (κ1) is 16.6. The molecule has 0 aromatic heterocycles. The second-order valence-corrected chi connectivity index (χ2v) is 7.54. The number of hydrogen-bond acceptors (Lipinski definition) is 3. The van der Waals surface area contributed by atoms with Crippen molar-refractivity contribution in [3.8, 4) is 5.75 Å². The van der Waals surface area contributed by atoms with Gasteiger partial charge in [-0.15, -0.1) is 0 Å². The van der Waals surface area contributed by atoms with E-state index in [9.17, 15) is 0 Å². The molecule has 3 aliphatic heterocycles. The lowest BCUT2D eigenvalue weighted by atomic mass is 9.84. The molecule has 5 rings (SSSR count). The molecule has 2 bridgehead atoms. The van der Waals surface area contributed by atoms with Gasteiger partial charge in [-0.25, -0.2) is 0 Å². The summed E-state index contributed by atoms with van der Waals surface area (Å²) in [7, 11) is 0. The lowest BCUT2D eigenvalue weighted by Crippen LogP contribution is -2.55. The number of hydrogen-bond donors (Lipinski definition) is 1. The van der Waals surface area contributed by atoms with E-state index in [1.807, 2.05) is 0 Å². The van der Waals surface area contributed by atoms with Crippen LogP contribution < -0.4 is 10.1 Å². The number of ether oxygens (including phenoxy) is 1. The molecule has 1 atom stereocenters. The Kier molecular flexibility index (Phi) is 5.04. The molecule has 3 aliphatic rings. The van der Waals surface area contributed by atoms with Crippen LogP contribution in [0.2, 0.25) is 0 Å². The Morgan fingerprint density at radius 3 is 2.28 bits per heavy atom. The Labute approximate surface area is 151 Å². The molecule has 132 valence electrons. The molecule has 3 fully saturated rings. The van der Waals surface area contributed by atoms with E-state index >= 15 is 0 Å². The zero-order valence-electron chi connectivity index (χ0n) is 15.1. The fourth-order valence-electron chi connectivity index (χ4n) is 4.00. The molecule has 0 saturated carbocycles. The van der Waals surface area contributed by atoms with Gasteiger partial charge in [0.15, 0.2) is 0 Å². The highest BCUT2D eigenvalue weighted by atomic mass is 16.5. The summed E-state index contributed by atoms with van der Waals surface area (Å²) in [6.07, 6.45) is 2.73. The number of rotatable bonds is 6. The minimum Gasteiger partial charge on any atom is -0.489 e. The van der Waals surface area contributed by atoms with Crippen molar-refractivity contribution in [2.45, 2.75) is 39.0 Å². The van der Waals surface area contributed by atoms with Crippen LogP contribution in [-0.4, -0.2) is 30.6 Å². The standard InChI is InChI=1S/C22H28N2O/c1-17-2-4-19(5-3-17)16-25-21-8-6-18(7-9-21)14-23-22-15-24-12-10-20(22)11-13-24/h2-9,20,22-23H,10-16H2,1H3. The quantitative estimate of drug-likeness (QED) is 0.869. The van der Waals surface area contributed by atoms with Crippen LogP contribution in [0.1, 0.15) is 29.5 Å². The molecule has 0 radical (unpaired) electrons. The number of aryl methyl sites for hydroxylation is 1.